The minimum Gasteiger partial charge on any atom is -0.393 e. The van der Waals surface area contributed by atoms with Gasteiger partial charge in [-0.3, -0.25) is 0 Å². The molecule has 0 aromatic heterocycles. The fraction of sp³-hybridized carbons (Fsp3) is 0.909. The molecule has 0 amide bonds. The smallest absolute Gasteiger partial charge is 0.122 e. The summed E-state index contributed by atoms with van der Waals surface area (Å²) in [6.45, 7) is 4.33. The Bertz CT molecular complexity index is 123. The van der Waals surface area contributed by atoms with Crippen molar-refractivity contribution in [1.29, 1.82) is 0 Å². The Morgan fingerprint density at radius 1 is 1.38 bits per heavy atom. The molecule has 0 aliphatic rings. The second-order valence-corrected chi connectivity index (χ2v) is 3.89. The van der Waals surface area contributed by atoms with Crippen molar-refractivity contribution in [3.05, 3.63) is 0 Å². The van der Waals surface area contributed by atoms with Gasteiger partial charge in [0.05, 0.1) is 6.10 Å². The lowest BCUT2D eigenvalue weighted by Crippen LogP contribution is -2.12. The molecule has 1 N–H and O–H groups in total. The van der Waals surface area contributed by atoms with Crippen molar-refractivity contribution in [1.82, 2.24) is 0 Å². The van der Waals surface area contributed by atoms with E-state index in [-0.39, 0.29) is 6.42 Å². The first kappa shape index (κ1) is 12.6. The van der Waals surface area contributed by atoms with Gasteiger partial charge in [0.1, 0.15) is 6.29 Å². The van der Waals surface area contributed by atoms with E-state index < -0.39 is 6.10 Å². The third kappa shape index (κ3) is 7.97. The van der Waals surface area contributed by atoms with Crippen LogP contribution in [-0.2, 0) is 4.79 Å². The lowest BCUT2D eigenvalue weighted by atomic mass is 9.96. The van der Waals surface area contributed by atoms with Gasteiger partial charge in [0.25, 0.3) is 0 Å². The van der Waals surface area contributed by atoms with E-state index in [1.54, 1.807) is 0 Å². The monoisotopic (exact) mass is 186 g/mol. The summed E-state index contributed by atoms with van der Waals surface area (Å²) in [6.07, 6.45) is 6.35. The molecule has 0 spiro atoms. The molecule has 2 heteroatoms. The maximum Gasteiger partial charge on any atom is 0.122 e. The van der Waals surface area contributed by atoms with Crippen LogP contribution in [-0.4, -0.2) is 17.5 Å². The zero-order chi connectivity index (χ0) is 10.1. The van der Waals surface area contributed by atoms with E-state index in [2.05, 4.69) is 13.8 Å². The predicted molar refractivity (Wildman–Crippen MR) is 54.6 cm³/mol. The van der Waals surface area contributed by atoms with Crippen molar-refractivity contribution >= 4 is 6.29 Å². The Labute approximate surface area is 81.3 Å². The first-order chi connectivity index (χ1) is 6.20. The van der Waals surface area contributed by atoms with Gasteiger partial charge < -0.3 is 9.90 Å². The van der Waals surface area contributed by atoms with Crippen LogP contribution in [0.2, 0.25) is 0 Å². The first-order valence-corrected chi connectivity index (χ1v) is 5.32. The highest BCUT2D eigenvalue weighted by Gasteiger charge is 2.09. The molecule has 0 rings (SSSR count). The van der Waals surface area contributed by atoms with E-state index >= 15 is 0 Å². The minimum atomic E-state index is -0.422. The quantitative estimate of drug-likeness (QED) is 0.467. The number of unbranched alkanes of at least 4 members (excludes halogenated alkanes) is 2. The normalized spacial score (nSPS) is 15.3. The van der Waals surface area contributed by atoms with Crippen LogP contribution in [0.25, 0.3) is 0 Å². The summed E-state index contributed by atoms with van der Waals surface area (Å²) in [5.41, 5.74) is 0. The maximum atomic E-state index is 10.1. The van der Waals surface area contributed by atoms with E-state index in [1.807, 2.05) is 0 Å². The molecular weight excluding hydrogens is 164 g/mol. The molecule has 2 nitrogen and oxygen atoms in total. The van der Waals surface area contributed by atoms with Crippen molar-refractivity contribution in [2.75, 3.05) is 0 Å². The second kappa shape index (κ2) is 8.24. The Balaban J connectivity index is 3.37. The molecule has 0 radical (unpaired) electrons. The molecule has 0 fully saturated rings. The second-order valence-electron chi connectivity index (χ2n) is 3.89. The molecule has 13 heavy (non-hydrogen) atoms. The van der Waals surface area contributed by atoms with Gasteiger partial charge in [0, 0.05) is 6.42 Å². The number of carbonyl (C=O) groups is 1. The Kier molecular flexibility index (Phi) is 8.00. The van der Waals surface area contributed by atoms with Gasteiger partial charge in [-0.15, -0.1) is 0 Å². The molecule has 0 aliphatic heterocycles. The van der Waals surface area contributed by atoms with Crippen LogP contribution in [0.1, 0.15) is 52.4 Å². The number of hydrogen-bond acceptors (Lipinski definition) is 2. The molecule has 78 valence electrons. The summed E-state index contributed by atoms with van der Waals surface area (Å²) >= 11 is 0. The molecule has 0 saturated heterocycles. The fourth-order valence-corrected chi connectivity index (χ4v) is 1.53. The Hall–Kier alpha value is -0.370. The van der Waals surface area contributed by atoms with E-state index in [0.717, 1.165) is 12.7 Å². The third-order valence-electron chi connectivity index (χ3n) is 2.34. The van der Waals surface area contributed by atoms with Crippen LogP contribution < -0.4 is 0 Å². The van der Waals surface area contributed by atoms with E-state index in [0.29, 0.717) is 5.92 Å². The average molecular weight is 186 g/mol. The molecular formula is C11H22O2. The van der Waals surface area contributed by atoms with Crippen molar-refractivity contribution < 1.29 is 9.90 Å². The van der Waals surface area contributed by atoms with Crippen molar-refractivity contribution in [2.45, 2.75) is 58.5 Å². The van der Waals surface area contributed by atoms with Crippen LogP contribution in [0.3, 0.4) is 0 Å². The zero-order valence-corrected chi connectivity index (χ0v) is 8.83. The number of hydrogen-bond donors (Lipinski definition) is 1. The highest BCUT2D eigenvalue weighted by atomic mass is 16.3. The van der Waals surface area contributed by atoms with Gasteiger partial charge in [-0.25, -0.2) is 0 Å². The van der Waals surface area contributed by atoms with Gasteiger partial charge in [-0.2, -0.15) is 0 Å². The Morgan fingerprint density at radius 3 is 2.62 bits per heavy atom. The van der Waals surface area contributed by atoms with Crippen molar-refractivity contribution in [3.63, 3.8) is 0 Å². The molecule has 2 atom stereocenters. The first-order valence-electron chi connectivity index (χ1n) is 5.32. The molecule has 0 aliphatic carbocycles. The fourth-order valence-electron chi connectivity index (χ4n) is 1.53. The molecule has 0 aromatic carbocycles. The Morgan fingerprint density at radius 2 is 2.08 bits per heavy atom. The number of carbonyl (C=O) groups excluding carboxylic acids is 1. The largest absolute Gasteiger partial charge is 0.393 e. The SMILES string of the molecule is CCCCCC(C)CC(O)CC=O. The van der Waals surface area contributed by atoms with Crippen LogP contribution in [0.15, 0.2) is 0 Å². The molecule has 0 bridgehead atoms. The lowest BCUT2D eigenvalue weighted by molar-refractivity contribution is -0.109. The standard InChI is InChI=1S/C11H22O2/c1-3-4-5-6-10(2)9-11(13)7-8-12/h8,10-11,13H,3-7,9H2,1-2H3. The van der Waals surface area contributed by atoms with Gasteiger partial charge >= 0.3 is 0 Å². The van der Waals surface area contributed by atoms with Gasteiger partial charge in [-0.1, -0.05) is 39.5 Å². The average Bonchev–Trinajstić information content (AvgIpc) is 2.05. The number of aliphatic hydroxyl groups is 1. The van der Waals surface area contributed by atoms with Crippen LogP contribution in [0.4, 0.5) is 0 Å². The predicted octanol–water partition coefficient (Wildman–Crippen LogP) is 2.54. The lowest BCUT2D eigenvalue weighted by Gasteiger charge is -2.14. The van der Waals surface area contributed by atoms with Crippen LogP contribution in [0, 0.1) is 5.92 Å². The maximum absolute atomic E-state index is 10.1. The summed E-state index contributed by atoms with van der Waals surface area (Å²) in [6, 6.07) is 0. The highest BCUT2D eigenvalue weighted by molar-refractivity contribution is 5.49. The number of aldehydes is 1. The van der Waals surface area contributed by atoms with E-state index in [1.165, 1.54) is 25.7 Å². The highest BCUT2D eigenvalue weighted by Crippen LogP contribution is 2.15. The number of aliphatic hydroxyl groups excluding tert-OH is 1. The molecule has 0 saturated carbocycles. The summed E-state index contributed by atoms with van der Waals surface area (Å²) in [4.78, 5) is 10.1. The molecule has 2 unspecified atom stereocenters. The van der Waals surface area contributed by atoms with Crippen LogP contribution in [0.5, 0.6) is 0 Å². The van der Waals surface area contributed by atoms with Gasteiger partial charge in [0.2, 0.25) is 0 Å². The summed E-state index contributed by atoms with van der Waals surface area (Å²) < 4.78 is 0. The number of rotatable bonds is 8. The zero-order valence-electron chi connectivity index (χ0n) is 8.83. The topological polar surface area (TPSA) is 37.3 Å². The molecule has 0 aromatic rings. The summed E-state index contributed by atoms with van der Waals surface area (Å²) in [5.74, 6) is 0.543. The minimum absolute atomic E-state index is 0.290. The van der Waals surface area contributed by atoms with Crippen molar-refractivity contribution in [2.24, 2.45) is 5.92 Å². The third-order valence-corrected chi connectivity index (χ3v) is 2.34. The summed E-state index contributed by atoms with van der Waals surface area (Å²) in [5, 5.41) is 9.34. The van der Waals surface area contributed by atoms with Gasteiger partial charge in [0.15, 0.2) is 0 Å². The van der Waals surface area contributed by atoms with Gasteiger partial charge in [-0.05, 0) is 12.3 Å². The molecule has 0 heterocycles. The van der Waals surface area contributed by atoms with Crippen LogP contribution >= 0.6 is 0 Å². The van der Waals surface area contributed by atoms with Crippen molar-refractivity contribution in [3.8, 4) is 0 Å². The van der Waals surface area contributed by atoms with E-state index in [9.17, 15) is 9.90 Å². The van der Waals surface area contributed by atoms with E-state index in [4.69, 9.17) is 0 Å². The summed E-state index contributed by atoms with van der Waals surface area (Å²) in [7, 11) is 0.